The van der Waals surface area contributed by atoms with Gasteiger partial charge in [-0.3, -0.25) is 4.79 Å². The third kappa shape index (κ3) is 4.83. The lowest BCUT2D eigenvalue weighted by atomic mass is 9.74. The zero-order valence-electron chi connectivity index (χ0n) is 15.8. The van der Waals surface area contributed by atoms with Crippen molar-refractivity contribution >= 4 is 34.0 Å². The summed E-state index contributed by atoms with van der Waals surface area (Å²) in [5, 5.41) is 2.72. The van der Waals surface area contributed by atoms with Gasteiger partial charge in [-0.25, -0.2) is 12.8 Å². The largest absolute Gasteiger partial charge is 0.379 e. The van der Waals surface area contributed by atoms with E-state index in [1.807, 2.05) is 6.92 Å². The van der Waals surface area contributed by atoms with Gasteiger partial charge in [0.25, 0.3) is 0 Å². The minimum atomic E-state index is -4.00. The minimum Gasteiger partial charge on any atom is -0.379 e. The number of hydrogen-bond donors (Lipinski definition) is 2. The van der Waals surface area contributed by atoms with Gasteiger partial charge in [0.2, 0.25) is 15.9 Å². The zero-order chi connectivity index (χ0) is 19.7. The van der Waals surface area contributed by atoms with Gasteiger partial charge in [-0.1, -0.05) is 12.8 Å². The second-order valence-electron chi connectivity index (χ2n) is 7.46. The second kappa shape index (κ2) is 9.04. The van der Waals surface area contributed by atoms with Crippen LogP contribution in [0.5, 0.6) is 0 Å². The van der Waals surface area contributed by atoms with Crippen LogP contribution in [0.15, 0.2) is 23.1 Å². The fourth-order valence-electron chi connectivity index (χ4n) is 3.72. The van der Waals surface area contributed by atoms with E-state index in [9.17, 15) is 17.6 Å². The van der Waals surface area contributed by atoms with Crippen molar-refractivity contribution in [3.8, 4) is 0 Å². The molecular formula is C18H27ClFN3O4S. The summed E-state index contributed by atoms with van der Waals surface area (Å²) in [7, 11) is -4.00. The lowest BCUT2D eigenvalue weighted by molar-refractivity contribution is -0.122. The average Bonchev–Trinajstić information content (AvgIpc) is 2.63. The first-order valence-corrected chi connectivity index (χ1v) is 10.6. The van der Waals surface area contributed by atoms with Gasteiger partial charge in [-0.05, 0) is 38.0 Å². The van der Waals surface area contributed by atoms with Gasteiger partial charge in [0.05, 0.1) is 19.1 Å². The van der Waals surface area contributed by atoms with E-state index in [4.69, 9.17) is 10.5 Å². The molecule has 10 heteroatoms. The first-order valence-electron chi connectivity index (χ1n) is 9.19. The average molecular weight is 436 g/mol. The molecule has 1 heterocycles. The predicted octanol–water partition coefficient (Wildman–Crippen LogP) is 2.11. The molecule has 158 valence electrons. The number of benzene rings is 1. The van der Waals surface area contributed by atoms with E-state index in [-0.39, 0.29) is 56.2 Å². The van der Waals surface area contributed by atoms with Crippen molar-refractivity contribution in [2.45, 2.75) is 43.0 Å². The van der Waals surface area contributed by atoms with Gasteiger partial charge in [0.1, 0.15) is 10.7 Å². The third-order valence-corrected chi connectivity index (χ3v) is 7.27. The molecule has 1 aliphatic heterocycles. The molecule has 0 bridgehead atoms. The third-order valence-electron chi connectivity index (χ3n) is 5.36. The van der Waals surface area contributed by atoms with Crippen LogP contribution < -0.4 is 11.1 Å². The molecule has 28 heavy (non-hydrogen) atoms. The van der Waals surface area contributed by atoms with Gasteiger partial charge in [0.15, 0.2) is 0 Å². The number of nitrogens with one attached hydrogen (secondary N) is 1. The van der Waals surface area contributed by atoms with Crippen molar-refractivity contribution in [2.24, 2.45) is 11.7 Å². The number of ether oxygens (including phenoxy) is 1. The van der Waals surface area contributed by atoms with Crippen LogP contribution in [-0.2, 0) is 19.6 Å². The van der Waals surface area contributed by atoms with E-state index in [1.165, 1.54) is 16.4 Å². The highest BCUT2D eigenvalue weighted by atomic mass is 35.5. The molecule has 1 aliphatic carbocycles. The Labute approximate surface area is 171 Å². The Bertz CT molecular complexity index is 813. The maximum absolute atomic E-state index is 14.3. The molecular weight excluding hydrogens is 409 g/mol. The Morgan fingerprint density at radius 1 is 1.32 bits per heavy atom. The van der Waals surface area contributed by atoms with Crippen LogP contribution in [0.25, 0.3) is 0 Å². The summed E-state index contributed by atoms with van der Waals surface area (Å²) >= 11 is 0. The molecule has 3 N–H and O–H groups in total. The Morgan fingerprint density at radius 3 is 2.64 bits per heavy atom. The van der Waals surface area contributed by atoms with Crippen LogP contribution in [0, 0.1) is 11.7 Å². The zero-order valence-corrected chi connectivity index (χ0v) is 17.5. The molecule has 7 nitrogen and oxygen atoms in total. The first-order chi connectivity index (χ1) is 12.7. The lowest BCUT2D eigenvalue weighted by Crippen LogP contribution is -2.51. The van der Waals surface area contributed by atoms with Crippen molar-refractivity contribution in [3.05, 3.63) is 24.0 Å². The summed E-state index contributed by atoms with van der Waals surface area (Å²) in [5.41, 5.74) is 5.90. The fourth-order valence-corrected chi connectivity index (χ4v) is 5.22. The predicted molar refractivity (Wildman–Crippen MR) is 106 cm³/mol. The number of sulfonamides is 1. The molecule has 2 aliphatic rings. The van der Waals surface area contributed by atoms with Crippen molar-refractivity contribution in [1.82, 2.24) is 4.31 Å². The Hall–Kier alpha value is -1.26. The summed E-state index contributed by atoms with van der Waals surface area (Å²) in [6.45, 7) is 2.75. The maximum Gasteiger partial charge on any atom is 0.246 e. The van der Waals surface area contributed by atoms with E-state index in [2.05, 4.69) is 5.32 Å². The van der Waals surface area contributed by atoms with Crippen molar-refractivity contribution < 1.29 is 22.3 Å². The van der Waals surface area contributed by atoms with Crippen molar-refractivity contribution in [3.63, 3.8) is 0 Å². The van der Waals surface area contributed by atoms with E-state index in [0.29, 0.717) is 6.42 Å². The molecule has 1 saturated carbocycles. The van der Waals surface area contributed by atoms with Crippen LogP contribution in [0.2, 0.25) is 0 Å². The van der Waals surface area contributed by atoms with Gasteiger partial charge < -0.3 is 15.8 Å². The van der Waals surface area contributed by atoms with Crippen LogP contribution in [0.4, 0.5) is 10.1 Å². The van der Waals surface area contributed by atoms with E-state index in [1.54, 1.807) is 0 Å². The molecule has 0 aromatic heterocycles. The highest BCUT2D eigenvalue weighted by Gasteiger charge is 2.38. The Kier molecular flexibility index (Phi) is 7.44. The summed E-state index contributed by atoms with van der Waals surface area (Å²) in [6, 6.07) is 3.60. The number of anilines is 1. The summed E-state index contributed by atoms with van der Waals surface area (Å²) in [5.74, 6) is -1.47. The van der Waals surface area contributed by atoms with Crippen LogP contribution >= 0.6 is 12.4 Å². The van der Waals surface area contributed by atoms with Gasteiger partial charge in [0, 0.05) is 24.3 Å². The molecule has 2 fully saturated rings. The van der Waals surface area contributed by atoms with Crippen molar-refractivity contribution in [1.29, 1.82) is 0 Å². The molecule has 2 unspecified atom stereocenters. The molecule has 1 aromatic carbocycles. The molecule has 3 rings (SSSR count). The monoisotopic (exact) mass is 435 g/mol. The van der Waals surface area contributed by atoms with Crippen LogP contribution in [-0.4, -0.2) is 50.5 Å². The Balaban J connectivity index is 0.00000280. The Morgan fingerprint density at radius 2 is 2.00 bits per heavy atom. The highest BCUT2D eigenvalue weighted by molar-refractivity contribution is 7.89. The number of halogens is 2. The summed E-state index contributed by atoms with van der Waals surface area (Å²) in [6.07, 6.45) is 3.34. The van der Waals surface area contributed by atoms with E-state index in [0.717, 1.165) is 25.3 Å². The number of rotatable bonds is 4. The van der Waals surface area contributed by atoms with Crippen LogP contribution in [0.3, 0.4) is 0 Å². The summed E-state index contributed by atoms with van der Waals surface area (Å²) in [4.78, 5) is 12.2. The number of carbonyl (C=O) groups excluding carboxylic acids is 1. The highest BCUT2D eigenvalue weighted by Crippen LogP contribution is 2.33. The lowest BCUT2D eigenvalue weighted by Gasteiger charge is -2.37. The first kappa shape index (κ1) is 23.0. The van der Waals surface area contributed by atoms with Gasteiger partial charge >= 0.3 is 0 Å². The van der Waals surface area contributed by atoms with Gasteiger partial charge in [-0.15, -0.1) is 12.4 Å². The number of morpholine rings is 1. The molecule has 1 amide bonds. The molecule has 0 radical (unpaired) electrons. The minimum absolute atomic E-state index is 0. The molecule has 2 atom stereocenters. The second-order valence-corrected chi connectivity index (χ2v) is 9.36. The molecule has 0 spiro atoms. The number of nitrogens with two attached hydrogens (primary N) is 1. The number of hydrogen-bond acceptors (Lipinski definition) is 5. The standard InChI is InChI=1S/C18H26FN3O4S.ClH/c1-18(20)7-3-2-4-14(18)17(23)21-13-5-6-15(19)16(12-13)27(24,25)22-8-10-26-11-9-22;/h5-6,12,14H,2-4,7-11,20H2,1H3,(H,21,23);1H. The number of amides is 1. The molecule has 1 saturated heterocycles. The number of nitrogens with zero attached hydrogens (tertiary/aromatic N) is 1. The summed E-state index contributed by atoms with van der Waals surface area (Å²) < 4.78 is 46.1. The van der Waals surface area contributed by atoms with Gasteiger partial charge in [-0.2, -0.15) is 4.31 Å². The fraction of sp³-hybridized carbons (Fsp3) is 0.611. The number of carbonyl (C=O) groups is 1. The smallest absolute Gasteiger partial charge is 0.246 e. The van der Waals surface area contributed by atoms with E-state index < -0.39 is 26.3 Å². The normalized spacial score (nSPS) is 26.3. The molecule has 1 aromatic rings. The maximum atomic E-state index is 14.3. The van der Waals surface area contributed by atoms with E-state index >= 15 is 0 Å². The quantitative estimate of drug-likeness (QED) is 0.754. The van der Waals surface area contributed by atoms with Crippen LogP contribution in [0.1, 0.15) is 32.6 Å². The topological polar surface area (TPSA) is 102 Å². The van der Waals surface area contributed by atoms with Crippen molar-refractivity contribution in [2.75, 3.05) is 31.6 Å². The SMILES string of the molecule is CC1(N)CCCCC1C(=O)Nc1ccc(F)c(S(=O)(=O)N2CCOCC2)c1.Cl.